The number of nitrogens with one attached hydrogen (secondary N) is 1. The molecule has 6 nitrogen and oxygen atoms in total. The van der Waals surface area contributed by atoms with Gasteiger partial charge in [-0.25, -0.2) is 9.78 Å². The molecule has 1 aromatic heterocycles. The van der Waals surface area contributed by atoms with Gasteiger partial charge in [0, 0.05) is 30.6 Å². The number of hydrogen-bond donors (Lipinski definition) is 2. The Hall–Kier alpha value is -1.63. The van der Waals surface area contributed by atoms with E-state index < -0.39 is 0 Å². The normalized spacial score (nSPS) is 19.7. The zero-order valence-corrected chi connectivity index (χ0v) is 14.0. The van der Waals surface area contributed by atoms with E-state index in [1.54, 1.807) is 16.2 Å². The fourth-order valence-corrected chi connectivity index (χ4v) is 3.74. The average molecular weight is 324 g/mol. The van der Waals surface area contributed by atoms with Crippen molar-refractivity contribution in [3.05, 3.63) is 16.1 Å². The molecule has 0 unspecified atom stereocenters. The number of nitrogens with zero attached hydrogens (tertiary/aromatic N) is 2. The lowest BCUT2D eigenvalue weighted by molar-refractivity contribution is -0.119. The van der Waals surface area contributed by atoms with E-state index in [0.717, 1.165) is 36.5 Å². The molecular weight excluding hydrogens is 300 g/mol. The molecule has 1 fully saturated rings. The highest BCUT2D eigenvalue weighted by atomic mass is 32.1. The molecule has 3 amide bonds. The first kappa shape index (κ1) is 16.7. The van der Waals surface area contributed by atoms with Gasteiger partial charge < -0.3 is 16.0 Å². The summed E-state index contributed by atoms with van der Waals surface area (Å²) in [6.45, 7) is 5.32. The molecule has 0 saturated carbocycles. The Kier molecular flexibility index (Phi) is 5.76. The van der Waals surface area contributed by atoms with Crippen LogP contribution in [0.4, 0.5) is 4.79 Å². The minimum Gasteiger partial charge on any atom is -0.370 e. The summed E-state index contributed by atoms with van der Waals surface area (Å²) < 4.78 is 0. The summed E-state index contributed by atoms with van der Waals surface area (Å²) in [4.78, 5) is 29.8. The SMILES string of the molecule is CC[C@@H](NC(=O)N1CCC[C@@H](CC(N)=O)C1)c1nc(C)cs1. The number of piperidine rings is 1. The minimum absolute atomic E-state index is 0.0530. The number of aromatic nitrogens is 1. The van der Waals surface area contributed by atoms with E-state index in [0.29, 0.717) is 13.0 Å². The summed E-state index contributed by atoms with van der Waals surface area (Å²) in [5, 5.41) is 6.00. The molecule has 122 valence electrons. The molecule has 1 aliphatic rings. The van der Waals surface area contributed by atoms with Crippen LogP contribution in [0.1, 0.15) is 49.4 Å². The number of hydrogen-bond acceptors (Lipinski definition) is 4. The van der Waals surface area contributed by atoms with Crippen molar-refractivity contribution in [3.8, 4) is 0 Å². The number of primary amides is 1. The summed E-state index contributed by atoms with van der Waals surface area (Å²) in [6.07, 6.45) is 3.03. The highest BCUT2D eigenvalue weighted by molar-refractivity contribution is 7.09. The first-order valence-corrected chi connectivity index (χ1v) is 8.63. The molecule has 0 aliphatic carbocycles. The van der Waals surface area contributed by atoms with Gasteiger partial charge in [0.05, 0.1) is 6.04 Å². The molecule has 7 heteroatoms. The van der Waals surface area contributed by atoms with E-state index in [2.05, 4.69) is 10.3 Å². The molecule has 1 aromatic rings. The third-order valence-corrected chi connectivity index (χ3v) is 5.01. The first-order valence-electron chi connectivity index (χ1n) is 7.75. The van der Waals surface area contributed by atoms with Gasteiger partial charge in [-0.2, -0.15) is 0 Å². The molecule has 2 heterocycles. The first-order chi connectivity index (χ1) is 10.5. The second-order valence-electron chi connectivity index (χ2n) is 5.86. The van der Waals surface area contributed by atoms with Crippen molar-refractivity contribution in [2.45, 2.75) is 45.6 Å². The molecule has 2 atom stereocenters. The van der Waals surface area contributed by atoms with Gasteiger partial charge in [-0.1, -0.05) is 6.92 Å². The Labute approximate surface area is 135 Å². The number of carbonyl (C=O) groups excluding carboxylic acids is 2. The van der Waals surface area contributed by atoms with Crippen LogP contribution < -0.4 is 11.1 Å². The number of urea groups is 1. The van der Waals surface area contributed by atoms with Crippen LogP contribution in [0.2, 0.25) is 0 Å². The maximum Gasteiger partial charge on any atom is 0.317 e. The fraction of sp³-hybridized carbons (Fsp3) is 0.667. The second kappa shape index (κ2) is 7.58. The zero-order valence-electron chi connectivity index (χ0n) is 13.2. The molecular formula is C15H24N4O2S. The van der Waals surface area contributed by atoms with Crippen LogP contribution in [0.15, 0.2) is 5.38 Å². The zero-order chi connectivity index (χ0) is 16.1. The Morgan fingerprint density at radius 1 is 1.59 bits per heavy atom. The van der Waals surface area contributed by atoms with Gasteiger partial charge in [-0.15, -0.1) is 11.3 Å². The van der Waals surface area contributed by atoms with Crippen molar-refractivity contribution in [3.63, 3.8) is 0 Å². The largest absolute Gasteiger partial charge is 0.370 e. The van der Waals surface area contributed by atoms with Crippen LogP contribution in [0, 0.1) is 12.8 Å². The Balaban J connectivity index is 1.94. The topological polar surface area (TPSA) is 88.3 Å². The quantitative estimate of drug-likeness (QED) is 0.870. The van der Waals surface area contributed by atoms with Gasteiger partial charge in [0.1, 0.15) is 5.01 Å². The standard InChI is InChI=1S/C15H24N4O2S/c1-3-12(14-17-10(2)9-22-14)18-15(21)19-6-4-5-11(8-19)7-13(16)20/h9,11-12H,3-8H2,1-2H3,(H2,16,20)(H,18,21)/t11-,12+/m0/s1. The summed E-state index contributed by atoms with van der Waals surface area (Å²) in [6, 6.07) is -0.128. The molecule has 0 aromatic carbocycles. The smallest absolute Gasteiger partial charge is 0.317 e. The van der Waals surface area contributed by atoms with Gasteiger partial charge in [0.25, 0.3) is 0 Å². The number of aryl methyl sites for hydroxylation is 1. The third-order valence-electron chi connectivity index (χ3n) is 3.94. The predicted molar refractivity (Wildman–Crippen MR) is 86.5 cm³/mol. The maximum absolute atomic E-state index is 12.5. The van der Waals surface area contributed by atoms with Gasteiger partial charge >= 0.3 is 6.03 Å². The Morgan fingerprint density at radius 2 is 2.36 bits per heavy atom. The van der Waals surface area contributed by atoms with Gasteiger partial charge in [-0.3, -0.25) is 4.79 Å². The number of thiazole rings is 1. The molecule has 22 heavy (non-hydrogen) atoms. The molecule has 0 radical (unpaired) electrons. The molecule has 0 bridgehead atoms. The van der Waals surface area contributed by atoms with Crippen LogP contribution in [0.25, 0.3) is 0 Å². The monoisotopic (exact) mass is 324 g/mol. The van der Waals surface area contributed by atoms with Crippen molar-refractivity contribution < 1.29 is 9.59 Å². The van der Waals surface area contributed by atoms with E-state index in [4.69, 9.17) is 5.73 Å². The number of amides is 3. The van der Waals surface area contributed by atoms with E-state index in [1.165, 1.54) is 0 Å². The van der Waals surface area contributed by atoms with E-state index in [1.807, 2.05) is 19.2 Å². The molecule has 0 spiro atoms. The van der Waals surface area contributed by atoms with Crippen molar-refractivity contribution in [2.75, 3.05) is 13.1 Å². The molecule has 1 aliphatic heterocycles. The average Bonchev–Trinajstić information content (AvgIpc) is 2.90. The van der Waals surface area contributed by atoms with Crippen LogP contribution in [-0.4, -0.2) is 34.9 Å². The number of nitrogens with two attached hydrogens (primary N) is 1. The fourth-order valence-electron chi connectivity index (χ4n) is 2.81. The highest BCUT2D eigenvalue weighted by Gasteiger charge is 2.26. The summed E-state index contributed by atoms with van der Waals surface area (Å²) in [7, 11) is 0. The van der Waals surface area contributed by atoms with Gasteiger partial charge in [0.15, 0.2) is 0 Å². The summed E-state index contributed by atoms with van der Waals surface area (Å²) in [5.41, 5.74) is 6.24. The number of likely N-dealkylation sites (tertiary alicyclic amines) is 1. The summed E-state index contributed by atoms with van der Waals surface area (Å²) in [5.74, 6) is -0.115. The van der Waals surface area contributed by atoms with E-state index in [-0.39, 0.29) is 23.9 Å². The van der Waals surface area contributed by atoms with Crippen molar-refractivity contribution in [1.29, 1.82) is 0 Å². The maximum atomic E-state index is 12.5. The predicted octanol–water partition coefficient (Wildman–Crippen LogP) is 2.20. The molecule has 3 N–H and O–H groups in total. The van der Waals surface area contributed by atoms with Gasteiger partial charge in [-0.05, 0) is 32.1 Å². The van der Waals surface area contributed by atoms with E-state index in [9.17, 15) is 9.59 Å². The lowest BCUT2D eigenvalue weighted by Crippen LogP contribution is -2.47. The van der Waals surface area contributed by atoms with Crippen molar-refractivity contribution in [2.24, 2.45) is 11.7 Å². The Bertz CT molecular complexity index is 531. The number of carbonyl (C=O) groups is 2. The van der Waals surface area contributed by atoms with Crippen LogP contribution >= 0.6 is 11.3 Å². The van der Waals surface area contributed by atoms with Gasteiger partial charge in [0.2, 0.25) is 5.91 Å². The summed E-state index contributed by atoms with van der Waals surface area (Å²) >= 11 is 1.57. The lowest BCUT2D eigenvalue weighted by Gasteiger charge is -2.33. The lowest BCUT2D eigenvalue weighted by atomic mass is 9.95. The minimum atomic E-state index is -0.294. The van der Waals surface area contributed by atoms with Crippen LogP contribution in [0.5, 0.6) is 0 Å². The number of rotatable bonds is 5. The van der Waals surface area contributed by atoms with Crippen LogP contribution in [0.3, 0.4) is 0 Å². The second-order valence-corrected chi connectivity index (χ2v) is 6.75. The van der Waals surface area contributed by atoms with Crippen molar-refractivity contribution in [1.82, 2.24) is 15.2 Å². The van der Waals surface area contributed by atoms with E-state index >= 15 is 0 Å². The highest BCUT2D eigenvalue weighted by Crippen LogP contribution is 2.23. The molecule has 2 rings (SSSR count). The molecule has 1 saturated heterocycles. The Morgan fingerprint density at radius 3 is 2.95 bits per heavy atom. The van der Waals surface area contributed by atoms with Crippen LogP contribution in [-0.2, 0) is 4.79 Å². The third kappa shape index (κ3) is 4.43. The van der Waals surface area contributed by atoms with Crippen molar-refractivity contribution >= 4 is 23.3 Å².